The van der Waals surface area contributed by atoms with Crippen molar-refractivity contribution >= 4 is 11.6 Å². The molecule has 2 rings (SSSR count). The van der Waals surface area contributed by atoms with E-state index < -0.39 is 6.10 Å². The van der Waals surface area contributed by atoms with Gasteiger partial charge in [0.2, 0.25) is 0 Å². The Morgan fingerprint density at radius 1 is 0.920 bits per heavy atom. The van der Waals surface area contributed by atoms with Gasteiger partial charge in [-0.2, -0.15) is 0 Å². The molecule has 0 fully saturated rings. The van der Waals surface area contributed by atoms with Crippen molar-refractivity contribution in [1.29, 1.82) is 0 Å². The van der Waals surface area contributed by atoms with Crippen molar-refractivity contribution in [1.82, 2.24) is 0 Å². The maximum atomic E-state index is 12.6. The molecule has 2 aromatic carbocycles. The van der Waals surface area contributed by atoms with Gasteiger partial charge in [-0.15, -0.1) is 0 Å². The van der Waals surface area contributed by atoms with E-state index in [-0.39, 0.29) is 5.91 Å². The lowest BCUT2D eigenvalue weighted by atomic mass is 10.0. The van der Waals surface area contributed by atoms with Crippen molar-refractivity contribution in [2.75, 3.05) is 5.32 Å². The molecule has 0 heterocycles. The summed E-state index contributed by atoms with van der Waals surface area (Å²) < 4.78 is 6.01. The summed E-state index contributed by atoms with van der Waals surface area (Å²) >= 11 is 0. The van der Waals surface area contributed by atoms with E-state index in [9.17, 15) is 4.79 Å². The van der Waals surface area contributed by atoms with Gasteiger partial charge in [-0.25, -0.2) is 0 Å². The zero-order valence-corrected chi connectivity index (χ0v) is 16.4. The van der Waals surface area contributed by atoms with Gasteiger partial charge in [0.1, 0.15) is 5.75 Å². The fourth-order valence-corrected chi connectivity index (χ4v) is 3.07. The van der Waals surface area contributed by atoms with Gasteiger partial charge in [-0.1, -0.05) is 43.7 Å². The number of hydrogen-bond donors (Lipinski definition) is 1. The van der Waals surface area contributed by atoms with Gasteiger partial charge in [0.15, 0.2) is 6.10 Å². The predicted molar refractivity (Wildman–Crippen MR) is 105 cm³/mol. The SMILES string of the molecule is Cc1cc(C)c(NC(=O)[C@H](C)Oc2cc(C)ccc2C(C)C)c(C)c1. The summed E-state index contributed by atoms with van der Waals surface area (Å²) in [6.45, 7) is 14.2. The predicted octanol–water partition coefficient (Wildman–Crippen LogP) is 5.45. The van der Waals surface area contributed by atoms with E-state index in [1.54, 1.807) is 6.92 Å². The van der Waals surface area contributed by atoms with Gasteiger partial charge in [0.25, 0.3) is 5.91 Å². The van der Waals surface area contributed by atoms with Crippen LogP contribution in [0.4, 0.5) is 5.69 Å². The summed E-state index contributed by atoms with van der Waals surface area (Å²) in [7, 11) is 0. The molecule has 0 aliphatic heterocycles. The van der Waals surface area contributed by atoms with Gasteiger partial charge < -0.3 is 10.1 Å². The van der Waals surface area contributed by atoms with Gasteiger partial charge in [-0.05, 0) is 68.9 Å². The monoisotopic (exact) mass is 339 g/mol. The van der Waals surface area contributed by atoms with Crippen molar-refractivity contribution in [3.05, 3.63) is 58.1 Å². The van der Waals surface area contributed by atoms with Gasteiger partial charge in [0, 0.05) is 5.69 Å². The van der Waals surface area contributed by atoms with E-state index in [0.29, 0.717) is 5.92 Å². The molecule has 3 nitrogen and oxygen atoms in total. The zero-order valence-electron chi connectivity index (χ0n) is 16.4. The maximum Gasteiger partial charge on any atom is 0.265 e. The lowest BCUT2D eigenvalue weighted by molar-refractivity contribution is -0.122. The molecule has 2 aromatic rings. The molecule has 0 bridgehead atoms. The van der Waals surface area contributed by atoms with Gasteiger partial charge in [0.05, 0.1) is 0 Å². The highest BCUT2D eigenvalue weighted by atomic mass is 16.5. The fourth-order valence-electron chi connectivity index (χ4n) is 3.07. The van der Waals surface area contributed by atoms with E-state index in [1.165, 1.54) is 5.56 Å². The number of aryl methyl sites for hydroxylation is 4. The van der Waals surface area contributed by atoms with Crippen molar-refractivity contribution in [2.45, 2.75) is 60.5 Å². The number of anilines is 1. The van der Waals surface area contributed by atoms with E-state index in [0.717, 1.165) is 33.7 Å². The minimum absolute atomic E-state index is 0.133. The third-order valence-corrected chi connectivity index (χ3v) is 4.39. The molecule has 0 aliphatic carbocycles. The van der Waals surface area contributed by atoms with Crippen LogP contribution in [0.2, 0.25) is 0 Å². The van der Waals surface area contributed by atoms with Crippen LogP contribution < -0.4 is 10.1 Å². The first-order valence-electron chi connectivity index (χ1n) is 8.85. The second kappa shape index (κ2) is 7.73. The topological polar surface area (TPSA) is 38.3 Å². The van der Waals surface area contributed by atoms with Crippen LogP contribution >= 0.6 is 0 Å². The second-order valence-corrected chi connectivity index (χ2v) is 7.22. The molecule has 0 saturated carbocycles. The first kappa shape index (κ1) is 19.0. The zero-order chi connectivity index (χ0) is 18.7. The Balaban J connectivity index is 2.18. The molecular weight excluding hydrogens is 310 g/mol. The molecule has 1 N–H and O–H groups in total. The van der Waals surface area contributed by atoms with Gasteiger partial charge >= 0.3 is 0 Å². The number of ether oxygens (including phenoxy) is 1. The molecule has 1 amide bonds. The Bertz CT molecular complexity index is 755. The Kier molecular flexibility index (Phi) is 5.89. The molecule has 0 radical (unpaired) electrons. The normalized spacial score (nSPS) is 12.2. The minimum atomic E-state index is -0.570. The summed E-state index contributed by atoms with van der Waals surface area (Å²) in [5.74, 6) is 0.994. The number of amides is 1. The number of nitrogens with one attached hydrogen (secondary N) is 1. The van der Waals surface area contributed by atoms with Crippen LogP contribution in [0.15, 0.2) is 30.3 Å². The van der Waals surface area contributed by atoms with Crippen molar-refractivity contribution < 1.29 is 9.53 Å². The Labute approximate surface area is 151 Å². The maximum absolute atomic E-state index is 12.6. The lowest BCUT2D eigenvalue weighted by Gasteiger charge is -2.20. The molecule has 134 valence electrons. The average Bonchev–Trinajstić information content (AvgIpc) is 2.50. The van der Waals surface area contributed by atoms with E-state index in [2.05, 4.69) is 50.4 Å². The number of benzene rings is 2. The molecule has 0 saturated heterocycles. The number of hydrogen-bond acceptors (Lipinski definition) is 2. The Hall–Kier alpha value is -2.29. The highest BCUT2D eigenvalue weighted by molar-refractivity contribution is 5.95. The third-order valence-electron chi connectivity index (χ3n) is 4.39. The quantitative estimate of drug-likeness (QED) is 0.786. The van der Waals surface area contributed by atoms with Crippen LogP contribution in [-0.4, -0.2) is 12.0 Å². The van der Waals surface area contributed by atoms with E-state index >= 15 is 0 Å². The van der Waals surface area contributed by atoms with E-state index in [4.69, 9.17) is 4.74 Å². The first-order chi connectivity index (χ1) is 11.7. The summed E-state index contributed by atoms with van der Waals surface area (Å²) in [6.07, 6.45) is -0.570. The number of carbonyl (C=O) groups excluding carboxylic acids is 1. The molecule has 1 atom stereocenters. The third kappa shape index (κ3) is 4.62. The summed E-state index contributed by atoms with van der Waals surface area (Å²) in [6, 6.07) is 10.3. The lowest BCUT2D eigenvalue weighted by Crippen LogP contribution is -2.31. The van der Waals surface area contributed by atoms with Crippen LogP contribution in [0.3, 0.4) is 0 Å². The number of rotatable bonds is 5. The van der Waals surface area contributed by atoms with Crippen molar-refractivity contribution in [3.63, 3.8) is 0 Å². The molecule has 0 aliphatic rings. The fraction of sp³-hybridized carbons (Fsp3) is 0.409. The van der Waals surface area contributed by atoms with Crippen LogP contribution in [-0.2, 0) is 4.79 Å². The van der Waals surface area contributed by atoms with Crippen molar-refractivity contribution in [3.8, 4) is 5.75 Å². The minimum Gasteiger partial charge on any atom is -0.481 e. The van der Waals surface area contributed by atoms with Gasteiger partial charge in [-0.3, -0.25) is 4.79 Å². The number of carbonyl (C=O) groups is 1. The molecule has 0 spiro atoms. The second-order valence-electron chi connectivity index (χ2n) is 7.22. The van der Waals surface area contributed by atoms with Crippen LogP contribution in [0.1, 0.15) is 54.5 Å². The van der Waals surface area contributed by atoms with Crippen molar-refractivity contribution in [2.24, 2.45) is 0 Å². The van der Waals surface area contributed by atoms with Crippen LogP contribution in [0.25, 0.3) is 0 Å². The first-order valence-corrected chi connectivity index (χ1v) is 8.85. The molecule has 3 heteroatoms. The largest absolute Gasteiger partial charge is 0.481 e. The highest BCUT2D eigenvalue weighted by Crippen LogP contribution is 2.29. The molecule has 25 heavy (non-hydrogen) atoms. The highest BCUT2D eigenvalue weighted by Gasteiger charge is 2.19. The molecule has 0 unspecified atom stereocenters. The van der Waals surface area contributed by atoms with Crippen LogP contribution in [0, 0.1) is 27.7 Å². The summed E-state index contributed by atoms with van der Waals surface area (Å²) in [5.41, 5.74) is 6.44. The summed E-state index contributed by atoms with van der Waals surface area (Å²) in [5, 5.41) is 3.03. The Morgan fingerprint density at radius 2 is 1.52 bits per heavy atom. The standard InChI is InChI=1S/C22H29NO2/c1-13(2)19-9-8-14(3)12-20(19)25-18(7)22(24)23-21-16(5)10-15(4)11-17(21)6/h8-13,18H,1-7H3,(H,23,24)/t18-/m0/s1. The smallest absolute Gasteiger partial charge is 0.265 e. The Morgan fingerprint density at radius 3 is 2.08 bits per heavy atom. The molecular formula is C22H29NO2. The van der Waals surface area contributed by atoms with E-state index in [1.807, 2.05) is 26.8 Å². The summed E-state index contributed by atoms with van der Waals surface area (Å²) in [4.78, 5) is 12.6. The molecule has 0 aromatic heterocycles. The average molecular weight is 339 g/mol. The van der Waals surface area contributed by atoms with Crippen LogP contribution in [0.5, 0.6) is 5.75 Å².